The molecule has 0 atom stereocenters. The molecule has 3 rings (SSSR count). The van der Waals surface area contributed by atoms with Crippen LogP contribution >= 0.6 is 0 Å². The van der Waals surface area contributed by atoms with Crippen LogP contribution in [0.1, 0.15) is 24.8 Å². The lowest BCUT2D eigenvalue weighted by Crippen LogP contribution is -2.35. The number of rotatable bonds is 10. The third-order valence-corrected chi connectivity index (χ3v) is 6.46. The predicted molar refractivity (Wildman–Crippen MR) is 117 cm³/mol. The molecule has 2 N–H and O–H groups in total. The molecule has 0 radical (unpaired) electrons. The molecule has 0 aromatic heterocycles. The highest BCUT2D eigenvalue weighted by Gasteiger charge is 2.27. The number of hydrogen-bond acceptors (Lipinski definition) is 5. The van der Waals surface area contributed by atoms with Crippen LogP contribution in [0.4, 0.5) is 5.69 Å². The summed E-state index contributed by atoms with van der Waals surface area (Å²) in [7, 11) is -0.357. The average Bonchev–Trinajstić information content (AvgIpc) is 3.55. The molecule has 1 aliphatic carbocycles. The first-order valence-corrected chi connectivity index (χ1v) is 11.5. The molecule has 1 aliphatic rings. The monoisotopic (exact) mass is 445 g/mol. The number of amides is 2. The van der Waals surface area contributed by atoms with Crippen LogP contribution in [0.15, 0.2) is 53.4 Å². The van der Waals surface area contributed by atoms with E-state index in [1.807, 2.05) is 0 Å². The predicted octanol–water partition coefficient (Wildman–Crippen LogP) is 2.17. The van der Waals surface area contributed by atoms with E-state index < -0.39 is 10.0 Å². The van der Waals surface area contributed by atoms with E-state index >= 15 is 0 Å². The molecule has 166 valence electrons. The molecule has 0 heterocycles. The van der Waals surface area contributed by atoms with Gasteiger partial charge in [-0.1, -0.05) is 18.2 Å². The van der Waals surface area contributed by atoms with Crippen molar-refractivity contribution in [2.24, 2.45) is 0 Å². The Bertz CT molecular complexity index is 1030. The minimum absolute atomic E-state index is 0.0546. The number of ether oxygens (including phenoxy) is 1. The molecule has 1 fully saturated rings. The Morgan fingerprint density at radius 1 is 1.13 bits per heavy atom. The highest BCUT2D eigenvalue weighted by molar-refractivity contribution is 7.89. The Hall–Kier alpha value is -2.91. The first kappa shape index (κ1) is 22.8. The van der Waals surface area contributed by atoms with Crippen molar-refractivity contribution in [3.8, 4) is 5.75 Å². The van der Waals surface area contributed by atoms with Crippen molar-refractivity contribution in [2.75, 3.05) is 26.0 Å². The van der Waals surface area contributed by atoms with Crippen LogP contribution in [0, 0.1) is 0 Å². The molecule has 0 saturated heterocycles. The zero-order valence-corrected chi connectivity index (χ0v) is 18.4. The number of anilines is 1. The molecular weight excluding hydrogens is 418 g/mol. The summed E-state index contributed by atoms with van der Waals surface area (Å²) in [4.78, 5) is 26.2. The molecule has 0 spiro atoms. The van der Waals surface area contributed by atoms with Gasteiger partial charge in [0.25, 0.3) is 0 Å². The molecule has 2 amide bonds. The van der Waals surface area contributed by atoms with Crippen molar-refractivity contribution in [3.05, 3.63) is 54.1 Å². The molecule has 31 heavy (non-hydrogen) atoms. The number of benzene rings is 2. The lowest BCUT2D eigenvalue weighted by molar-refractivity contribution is -0.133. The molecular formula is C22H27N3O5S. The molecule has 0 bridgehead atoms. The number of methoxy groups -OCH3 is 1. The van der Waals surface area contributed by atoms with Gasteiger partial charge in [0, 0.05) is 31.3 Å². The van der Waals surface area contributed by atoms with Crippen molar-refractivity contribution in [2.45, 2.75) is 36.6 Å². The summed E-state index contributed by atoms with van der Waals surface area (Å²) < 4.78 is 32.2. The number of likely N-dealkylation sites (N-methyl/N-ethyl adjacent to an activating group) is 1. The minimum Gasteiger partial charge on any atom is -0.497 e. The zero-order valence-electron chi connectivity index (χ0n) is 17.6. The summed E-state index contributed by atoms with van der Waals surface area (Å²) in [6.45, 7) is -0.0694. The van der Waals surface area contributed by atoms with E-state index in [-0.39, 0.29) is 35.7 Å². The number of nitrogens with one attached hydrogen (secondary N) is 2. The van der Waals surface area contributed by atoms with Crippen LogP contribution < -0.4 is 14.8 Å². The number of aryl methyl sites for hydroxylation is 1. The molecule has 1 saturated carbocycles. The summed E-state index contributed by atoms with van der Waals surface area (Å²) in [5, 5.41) is 2.74. The van der Waals surface area contributed by atoms with Crippen molar-refractivity contribution in [1.82, 2.24) is 9.62 Å². The molecule has 9 heteroatoms. The smallest absolute Gasteiger partial charge is 0.243 e. The van der Waals surface area contributed by atoms with Gasteiger partial charge in [0.15, 0.2) is 0 Å². The first-order chi connectivity index (χ1) is 14.8. The number of hydrogen-bond donors (Lipinski definition) is 2. The normalized spacial score (nSPS) is 13.5. The maximum absolute atomic E-state index is 12.4. The van der Waals surface area contributed by atoms with Gasteiger partial charge in [-0.15, -0.1) is 0 Å². The maximum Gasteiger partial charge on any atom is 0.243 e. The van der Waals surface area contributed by atoms with Crippen LogP contribution in [0.25, 0.3) is 0 Å². The fourth-order valence-electron chi connectivity index (χ4n) is 2.97. The summed E-state index contributed by atoms with van der Waals surface area (Å²) in [6.07, 6.45) is 2.43. The Kier molecular flexibility index (Phi) is 7.29. The van der Waals surface area contributed by atoms with Gasteiger partial charge in [-0.05, 0) is 49.1 Å². The van der Waals surface area contributed by atoms with Crippen molar-refractivity contribution in [3.63, 3.8) is 0 Å². The van der Waals surface area contributed by atoms with Gasteiger partial charge >= 0.3 is 0 Å². The van der Waals surface area contributed by atoms with Gasteiger partial charge < -0.3 is 15.0 Å². The van der Waals surface area contributed by atoms with Crippen LogP contribution in [0.3, 0.4) is 0 Å². The Morgan fingerprint density at radius 3 is 2.48 bits per heavy atom. The lowest BCUT2D eigenvalue weighted by atomic mass is 10.1. The van der Waals surface area contributed by atoms with Crippen LogP contribution in [0.2, 0.25) is 0 Å². The van der Waals surface area contributed by atoms with Crippen LogP contribution in [-0.2, 0) is 26.0 Å². The van der Waals surface area contributed by atoms with E-state index in [0.717, 1.165) is 18.4 Å². The van der Waals surface area contributed by atoms with E-state index in [1.165, 1.54) is 4.90 Å². The van der Waals surface area contributed by atoms with E-state index in [9.17, 15) is 18.0 Å². The highest BCUT2D eigenvalue weighted by atomic mass is 32.2. The fourth-order valence-corrected chi connectivity index (χ4v) is 4.28. The van der Waals surface area contributed by atoms with Crippen molar-refractivity contribution < 1.29 is 22.7 Å². The molecule has 2 aromatic carbocycles. The van der Waals surface area contributed by atoms with Crippen LogP contribution in [-0.4, -0.2) is 51.9 Å². The van der Waals surface area contributed by atoms with Gasteiger partial charge in [0.1, 0.15) is 5.75 Å². The number of carbonyl (C=O) groups is 2. The highest BCUT2D eigenvalue weighted by Crippen LogP contribution is 2.22. The minimum atomic E-state index is -3.48. The van der Waals surface area contributed by atoms with Gasteiger partial charge in [-0.25, -0.2) is 13.1 Å². The lowest BCUT2D eigenvalue weighted by Gasteiger charge is -2.17. The molecule has 8 nitrogen and oxygen atoms in total. The van der Waals surface area contributed by atoms with E-state index in [1.54, 1.807) is 62.7 Å². The third kappa shape index (κ3) is 6.80. The van der Waals surface area contributed by atoms with Crippen molar-refractivity contribution in [1.29, 1.82) is 0 Å². The largest absolute Gasteiger partial charge is 0.497 e. The third-order valence-electron chi connectivity index (χ3n) is 4.92. The summed E-state index contributed by atoms with van der Waals surface area (Å²) in [6, 6.07) is 13.6. The summed E-state index contributed by atoms with van der Waals surface area (Å²) in [5.41, 5.74) is 1.45. The van der Waals surface area contributed by atoms with Gasteiger partial charge in [-0.2, -0.15) is 0 Å². The molecule has 0 aliphatic heterocycles. The summed E-state index contributed by atoms with van der Waals surface area (Å²) >= 11 is 0. The van der Waals surface area contributed by atoms with Gasteiger partial charge in [0.2, 0.25) is 21.8 Å². The number of carbonyl (C=O) groups excluding carboxylic acids is 2. The van der Waals surface area contributed by atoms with Gasteiger partial charge in [-0.3, -0.25) is 9.59 Å². The number of nitrogens with zero attached hydrogens (tertiary/aromatic N) is 1. The standard InChI is InChI=1S/C22H27N3O5S/c1-25(15-21(26)23-18-4-3-5-19(14-18)30-2)22(27)13-8-16-6-11-20(12-7-16)31(28,29)24-17-9-10-17/h3-7,11-12,14,17,24H,8-10,13,15H2,1-2H3,(H,23,26). The van der Waals surface area contributed by atoms with Gasteiger partial charge in [0.05, 0.1) is 18.6 Å². The van der Waals surface area contributed by atoms with E-state index in [0.29, 0.717) is 17.9 Å². The summed E-state index contributed by atoms with van der Waals surface area (Å²) in [5.74, 6) is 0.152. The Balaban J connectivity index is 1.46. The second-order valence-electron chi connectivity index (χ2n) is 7.57. The molecule has 2 aromatic rings. The second kappa shape index (κ2) is 9.93. The quantitative estimate of drug-likeness (QED) is 0.583. The fraction of sp³-hybridized carbons (Fsp3) is 0.364. The SMILES string of the molecule is COc1cccc(NC(=O)CN(C)C(=O)CCc2ccc(S(=O)(=O)NC3CC3)cc2)c1. The zero-order chi connectivity index (χ0) is 22.4. The van der Waals surface area contributed by atoms with Crippen LogP contribution in [0.5, 0.6) is 5.75 Å². The van der Waals surface area contributed by atoms with Crippen molar-refractivity contribution >= 4 is 27.5 Å². The maximum atomic E-state index is 12.4. The topological polar surface area (TPSA) is 105 Å². The number of sulfonamides is 1. The van der Waals surface area contributed by atoms with E-state index in [2.05, 4.69) is 10.0 Å². The Morgan fingerprint density at radius 2 is 1.84 bits per heavy atom. The first-order valence-electron chi connectivity index (χ1n) is 10.1. The average molecular weight is 446 g/mol. The Labute approximate surface area is 182 Å². The molecule has 0 unspecified atom stereocenters. The van der Waals surface area contributed by atoms with E-state index in [4.69, 9.17) is 4.74 Å². The second-order valence-corrected chi connectivity index (χ2v) is 9.28.